The van der Waals surface area contributed by atoms with Crippen LogP contribution in [0.15, 0.2) is 58.3 Å². The minimum Gasteiger partial charge on any atom is -0.422 e. The largest absolute Gasteiger partial charge is 0.422 e. The van der Waals surface area contributed by atoms with Gasteiger partial charge in [0.1, 0.15) is 17.0 Å². The Labute approximate surface area is 160 Å². The van der Waals surface area contributed by atoms with Crippen LogP contribution in [0.1, 0.15) is 13.8 Å². The fourth-order valence-corrected chi connectivity index (χ4v) is 3.02. The van der Waals surface area contributed by atoms with Crippen LogP contribution in [0.4, 0.5) is 5.69 Å². The van der Waals surface area contributed by atoms with Crippen molar-refractivity contribution in [2.45, 2.75) is 13.8 Å². The fraction of sp³-hybridized carbons (Fsp3) is 0.200. The van der Waals surface area contributed by atoms with Gasteiger partial charge in [0.15, 0.2) is 0 Å². The van der Waals surface area contributed by atoms with Crippen LogP contribution in [0, 0.1) is 0 Å². The summed E-state index contributed by atoms with van der Waals surface area (Å²) in [5.41, 5.74) is 2.25. The highest BCUT2D eigenvalue weighted by molar-refractivity contribution is 5.84. The first-order chi connectivity index (χ1) is 13.7. The molecule has 0 bridgehead atoms. The topological polar surface area (TPSA) is 97.9 Å². The molecule has 0 spiro atoms. The molecule has 0 aliphatic rings. The van der Waals surface area contributed by atoms with E-state index in [0.717, 1.165) is 24.2 Å². The van der Waals surface area contributed by atoms with Gasteiger partial charge in [-0.15, -0.1) is 5.10 Å². The van der Waals surface area contributed by atoms with Crippen LogP contribution in [0.25, 0.3) is 33.7 Å². The predicted molar refractivity (Wildman–Crippen MR) is 106 cm³/mol. The van der Waals surface area contributed by atoms with Crippen LogP contribution in [0.2, 0.25) is 0 Å². The van der Waals surface area contributed by atoms with E-state index in [2.05, 4.69) is 43.9 Å². The molecule has 0 N–H and O–H groups in total. The van der Waals surface area contributed by atoms with Crippen molar-refractivity contribution in [1.82, 2.24) is 25.1 Å². The van der Waals surface area contributed by atoms with Crippen LogP contribution >= 0.6 is 0 Å². The molecule has 8 nitrogen and oxygen atoms in total. The lowest BCUT2D eigenvalue weighted by Crippen LogP contribution is -2.21. The van der Waals surface area contributed by atoms with E-state index < -0.39 is 5.63 Å². The van der Waals surface area contributed by atoms with Gasteiger partial charge in [0.05, 0.1) is 18.0 Å². The zero-order chi connectivity index (χ0) is 19.5. The number of anilines is 1. The van der Waals surface area contributed by atoms with E-state index in [-0.39, 0.29) is 0 Å². The van der Waals surface area contributed by atoms with Gasteiger partial charge in [-0.3, -0.25) is 4.98 Å². The first-order valence-corrected chi connectivity index (χ1v) is 8.99. The smallest absolute Gasteiger partial charge is 0.345 e. The summed E-state index contributed by atoms with van der Waals surface area (Å²) in [4.78, 5) is 27.4. The number of hydrogen-bond donors (Lipinski definition) is 0. The van der Waals surface area contributed by atoms with E-state index in [1.165, 1.54) is 6.20 Å². The average Bonchev–Trinajstić information content (AvgIpc) is 2.75. The first kappa shape index (κ1) is 17.7. The van der Waals surface area contributed by atoms with Gasteiger partial charge in [-0.25, -0.2) is 14.8 Å². The third kappa shape index (κ3) is 3.32. The summed E-state index contributed by atoms with van der Waals surface area (Å²) in [6, 6.07) is 7.60. The summed E-state index contributed by atoms with van der Waals surface area (Å²) in [7, 11) is 0. The highest BCUT2D eigenvalue weighted by atomic mass is 16.4. The minimum atomic E-state index is -0.477. The number of aromatic nitrogens is 5. The van der Waals surface area contributed by atoms with Crippen molar-refractivity contribution in [3.63, 3.8) is 0 Å². The molecule has 4 rings (SSSR count). The Hall–Kier alpha value is -3.68. The van der Waals surface area contributed by atoms with Crippen molar-refractivity contribution in [3.8, 4) is 22.8 Å². The summed E-state index contributed by atoms with van der Waals surface area (Å²) < 4.78 is 5.57. The van der Waals surface area contributed by atoms with Gasteiger partial charge in [-0.1, -0.05) is 0 Å². The lowest BCUT2D eigenvalue weighted by molar-refractivity contribution is 0.563. The highest BCUT2D eigenvalue weighted by Crippen LogP contribution is 2.24. The predicted octanol–water partition coefficient (Wildman–Crippen LogP) is 2.95. The molecule has 4 aromatic rings. The van der Waals surface area contributed by atoms with Crippen LogP contribution in [-0.2, 0) is 0 Å². The molecule has 1 aromatic carbocycles. The van der Waals surface area contributed by atoms with Crippen LogP contribution in [0.5, 0.6) is 0 Å². The fourth-order valence-electron chi connectivity index (χ4n) is 3.02. The van der Waals surface area contributed by atoms with Gasteiger partial charge in [0.25, 0.3) is 0 Å². The molecule has 0 amide bonds. The number of benzene rings is 1. The molecule has 0 saturated carbocycles. The van der Waals surface area contributed by atoms with E-state index >= 15 is 0 Å². The Morgan fingerprint density at radius 1 is 1.04 bits per heavy atom. The molecule has 0 fully saturated rings. The van der Waals surface area contributed by atoms with E-state index in [0.29, 0.717) is 28.4 Å². The Kier molecular flexibility index (Phi) is 4.76. The van der Waals surface area contributed by atoms with Gasteiger partial charge >= 0.3 is 5.63 Å². The first-order valence-electron chi connectivity index (χ1n) is 8.99. The van der Waals surface area contributed by atoms with E-state index in [9.17, 15) is 4.79 Å². The number of hydrogen-bond acceptors (Lipinski definition) is 8. The summed E-state index contributed by atoms with van der Waals surface area (Å²) in [5, 5.41) is 8.74. The van der Waals surface area contributed by atoms with E-state index in [4.69, 9.17) is 4.42 Å². The van der Waals surface area contributed by atoms with Crippen molar-refractivity contribution >= 4 is 16.7 Å². The maximum atomic E-state index is 12.6. The van der Waals surface area contributed by atoms with Crippen molar-refractivity contribution in [1.29, 1.82) is 0 Å². The molecule has 0 atom stereocenters. The number of fused-ring (bicyclic) bond motifs is 1. The minimum absolute atomic E-state index is 0.293. The number of rotatable bonds is 5. The Morgan fingerprint density at radius 2 is 1.89 bits per heavy atom. The van der Waals surface area contributed by atoms with Gasteiger partial charge < -0.3 is 9.32 Å². The monoisotopic (exact) mass is 374 g/mol. The second-order valence-corrected chi connectivity index (χ2v) is 6.10. The Bertz CT molecular complexity index is 1170. The Morgan fingerprint density at radius 3 is 2.64 bits per heavy atom. The van der Waals surface area contributed by atoms with Crippen LogP contribution < -0.4 is 10.5 Å². The second-order valence-electron chi connectivity index (χ2n) is 6.10. The summed E-state index contributed by atoms with van der Waals surface area (Å²) in [6.07, 6.45) is 6.08. The zero-order valence-corrected chi connectivity index (χ0v) is 15.5. The lowest BCUT2D eigenvalue weighted by Gasteiger charge is -2.21. The second kappa shape index (κ2) is 7.51. The molecule has 8 heteroatoms. The van der Waals surface area contributed by atoms with Gasteiger partial charge in [0.2, 0.25) is 5.82 Å². The summed E-state index contributed by atoms with van der Waals surface area (Å²) in [6.45, 7) is 5.93. The van der Waals surface area contributed by atoms with E-state index in [1.807, 2.05) is 18.2 Å². The van der Waals surface area contributed by atoms with Crippen molar-refractivity contribution in [2.75, 3.05) is 18.0 Å². The van der Waals surface area contributed by atoms with Crippen molar-refractivity contribution in [2.24, 2.45) is 0 Å². The standard InChI is InChI=1S/C20H18N6O2/c1-3-26(4-2)14-6-5-13-9-15(20(27)28-18(13)10-14)16-12-23-25-19(24-16)17-11-21-7-8-22-17/h5-12H,3-4H2,1-2H3. The highest BCUT2D eigenvalue weighted by Gasteiger charge is 2.13. The van der Waals surface area contributed by atoms with E-state index in [1.54, 1.807) is 24.7 Å². The summed E-state index contributed by atoms with van der Waals surface area (Å²) in [5.74, 6) is 0.293. The van der Waals surface area contributed by atoms with Gasteiger partial charge in [-0.05, 0) is 32.0 Å². The molecule has 28 heavy (non-hydrogen) atoms. The molecule has 0 aliphatic carbocycles. The molecule has 0 aliphatic heterocycles. The average molecular weight is 374 g/mol. The molecule has 3 aromatic heterocycles. The SMILES string of the molecule is CCN(CC)c1ccc2cc(-c3cnnc(-c4cnccn4)n3)c(=O)oc2c1. The lowest BCUT2D eigenvalue weighted by atomic mass is 10.1. The third-order valence-electron chi connectivity index (χ3n) is 4.48. The maximum absolute atomic E-state index is 12.6. The van der Waals surface area contributed by atoms with Gasteiger partial charge in [-0.2, -0.15) is 5.10 Å². The van der Waals surface area contributed by atoms with Crippen LogP contribution in [0.3, 0.4) is 0 Å². The van der Waals surface area contributed by atoms with Crippen molar-refractivity contribution < 1.29 is 4.42 Å². The van der Waals surface area contributed by atoms with Crippen LogP contribution in [-0.4, -0.2) is 38.2 Å². The Balaban J connectivity index is 1.79. The quantitative estimate of drug-likeness (QED) is 0.492. The maximum Gasteiger partial charge on any atom is 0.345 e. The third-order valence-corrected chi connectivity index (χ3v) is 4.48. The molecule has 3 heterocycles. The molecule has 0 unspecified atom stereocenters. The molecule has 140 valence electrons. The van der Waals surface area contributed by atoms with Crippen molar-refractivity contribution in [3.05, 3.63) is 59.5 Å². The normalized spacial score (nSPS) is 10.9. The zero-order valence-electron chi connectivity index (χ0n) is 15.5. The molecular formula is C20H18N6O2. The molecule has 0 radical (unpaired) electrons. The molecule has 0 saturated heterocycles. The van der Waals surface area contributed by atoms with Gasteiger partial charge in [0, 0.05) is 42.6 Å². The molecular weight excluding hydrogens is 356 g/mol. The summed E-state index contributed by atoms with van der Waals surface area (Å²) >= 11 is 0. The number of nitrogens with zero attached hydrogens (tertiary/aromatic N) is 6.